The fraction of sp³-hybridized carbons (Fsp3) is 0.429. The van der Waals surface area contributed by atoms with Crippen molar-refractivity contribution in [3.05, 3.63) is 63.6 Å². The van der Waals surface area contributed by atoms with E-state index in [2.05, 4.69) is 16.0 Å². The van der Waals surface area contributed by atoms with Gasteiger partial charge in [0.1, 0.15) is 28.9 Å². The molecule has 0 saturated heterocycles. The second-order valence-corrected chi connectivity index (χ2v) is 10.1. The van der Waals surface area contributed by atoms with Crippen LogP contribution in [0.15, 0.2) is 35.1 Å². The van der Waals surface area contributed by atoms with Crippen LogP contribution in [0.3, 0.4) is 0 Å². The molecule has 0 aliphatic heterocycles. The quantitative estimate of drug-likeness (QED) is 0.489. The molecule has 0 amide bonds. The van der Waals surface area contributed by atoms with E-state index >= 15 is 0 Å². The van der Waals surface area contributed by atoms with Gasteiger partial charge in [-0.25, -0.2) is 13.8 Å². The first-order chi connectivity index (χ1) is 17.8. The average molecular weight is 503 g/mol. The third kappa shape index (κ3) is 4.62. The lowest BCUT2D eigenvalue weighted by Crippen LogP contribution is -2.44. The Kier molecular flexibility index (Phi) is 6.55. The molecule has 2 heterocycles. The molecule has 0 radical (unpaired) electrons. The summed E-state index contributed by atoms with van der Waals surface area (Å²) in [6.07, 6.45) is 5.58. The minimum absolute atomic E-state index is 0.0133. The molecular weight excluding hydrogens is 474 g/mol. The van der Waals surface area contributed by atoms with E-state index in [1.807, 2.05) is 18.0 Å². The zero-order valence-corrected chi connectivity index (χ0v) is 20.9. The summed E-state index contributed by atoms with van der Waals surface area (Å²) >= 11 is 0. The lowest BCUT2D eigenvalue weighted by atomic mass is 9.88. The number of halogens is 2. The van der Waals surface area contributed by atoms with E-state index in [4.69, 9.17) is 0 Å². The van der Waals surface area contributed by atoms with Crippen LogP contribution in [-0.2, 0) is 7.05 Å². The maximum absolute atomic E-state index is 14.0. The number of hydrogen-bond acceptors (Lipinski definition) is 6. The molecular formula is C28H28F2N6O. The minimum atomic E-state index is -0.844. The SMILES string of the molecule is Cn1c(=O)c(C#N)c(N(C)[C@H]2CC[C@@H](N(CC3CC3)c3ccc(F)c(F)c3)CC2)c2nc(C#N)ccc21. The van der Waals surface area contributed by atoms with Crippen LogP contribution in [-0.4, -0.2) is 35.2 Å². The van der Waals surface area contributed by atoms with Crippen LogP contribution in [0.2, 0.25) is 0 Å². The minimum Gasteiger partial charge on any atom is -0.369 e. The highest BCUT2D eigenvalue weighted by atomic mass is 19.2. The normalized spacial score (nSPS) is 19.3. The monoisotopic (exact) mass is 502 g/mol. The molecule has 7 nitrogen and oxygen atoms in total. The maximum Gasteiger partial charge on any atom is 0.270 e. The number of rotatable bonds is 6. The summed E-state index contributed by atoms with van der Waals surface area (Å²) in [6, 6.07) is 11.7. The number of benzene rings is 1. The molecule has 2 aliphatic carbocycles. The van der Waals surface area contributed by atoms with Gasteiger partial charge in [0.2, 0.25) is 0 Å². The molecule has 0 spiro atoms. The number of hydrogen-bond donors (Lipinski definition) is 0. The zero-order chi connectivity index (χ0) is 26.3. The molecule has 1 aromatic carbocycles. The van der Waals surface area contributed by atoms with E-state index in [1.54, 1.807) is 25.2 Å². The Labute approximate surface area is 214 Å². The van der Waals surface area contributed by atoms with Gasteiger partial charge in [0.15, 0.2) is 11.6 Å². The van der Waals surface area contributed by atoms with E-state index in [9.17, 15) is 24.1 Å². The maximum atomic E-state index is 14.0. The molecule has 0 N–H and O–H groups in total. The van der Waals surface area contributed by atoms with Crippen molar-refractivity contribution in [2.45, 2.75) is 50.6 Å². The van der Waals surface area contributed by atoms with Gasteiger partial charge in [0.05, 0.1) is 11.2 Å². The summed E-state index contributed by atoms with van der Waals surface area (Å²) in [4.78, 5) is 21.7. The summed E-state index contributed by atoms with van der Waals surface area (Å²) in [5, 5.41) is 19.3. The van der Waals surface area contributed by atoms with E-state index in [1.165, 1.54) is 16.7 Å². The fourth-order valence-corrected chi connectivity index (χ4v) is 5.55. The molecule has 0 atom stereocenters. The van der Waals surface area contributed by atoms with E-state index in [-0.39, 0.29) is 23.3 Å². The standard InChI is InChI=1S/C28H28F2N6O/c1-34(27-22(15-32)28(37)35(2)25-12-5-18(14-31)33-26(25)27)19-6-8-20(9-7-19)36(16-17-3-4-17)21-10-11-23(29)24(30)13-21/h5,10-13,17,19-20H,3-4,6-9,16H2,1-2H3/t19-,20+. The molecule has 9 heteroatoms. The highest BCUT2D eigenvalue weighted by Crippen LogP contribution is 2.38. The summed E-state index contributed by atoms with van der Waals surface area (Å²) in [5.74, 6) is -1.10. The Hall–Kier alpha value is -3.98. The molecule has 2 saturated carbocycles. The lowest BCUT2D eigenvalue weighted by molar-refractivity contribution is 0.364. The Bertz CT molecular complexity index is 1490. The molecule has 5 rings (SSSR count). The van der Waals surface area contributed by atoms with Crippen molar-refractivity contribution < 1.29 is 8.78 Å². The molecule has 37 heavy (non-hydrogen) atoms. The smallest absolute Gasteiger partial charge is 0.270 e. The van der Waals surface area contributed by atoms with Crippen molar-refractivity contribution in [1.29, 1.82) is 10.5 Å². The Morgan fingerprint density at radius 2 is 1.70 bits per heavy atom. The second-order valence-electron chi connectivity index (χ2n) is 10.1. The summed E-state index contributed by atoms with van der Waals surface area (Å²) in [6.45, 7) is 0.828. The van der Waals surface area contributed by atoms with Crippen LogP contribution >= 0.6 is 0 Å². The van der Waals surface area contributed by atoms with E-state index in [0.717, 1.165) is 45.1 Å². The molecule has 0 unspecified atom stereocenters. The van der Waals surface area contributed by atoms with Gasteiger partial charge in [-0.3, -0.25) is 4.79 Å². The van der Waals surface area contributed by atoms with E-state index in [0.29, 0.717) is 28.3 Å². The Balaban J connectivity index is 1.43. The van der Waals surface area contributed by atoms with Gasteiger partial charge in [-0.2, -0.15) is 10.5 Å². The van der Waals surface area contributed by atoms with Gasteiger partial charge in [0, 0.05) is 44.5 Å². The third-order valence-electron chi connectivity index (χ3n) is 7.84. The van der Waals surface area contributed by atoms with Crippen molar-refractivity contribution in [2.24, 2.45) is 13.0 Å². The Morgan fingerprint density at radius 3 is 2.32 bits per heavy atom. The predicted octanol–water partition coefficient (Wildman–Crippen LogP) is 4.62. The van der Waals surface area contributed by atoms with Gasteiger partial charge in [-0.15, -0.1) is 0 Å². The van der Waals surface area contributed by atoms with Gasteiger partial charge < -0.3 is 14.4 Å². The highest BCUT2D eigenvalue weighted by molar-refractivity contribution is 5.92. The zero-order valence-electron chi connectivity index (χ0n) is 20.9. The first-order valence-electron chi connectivity index (χ1n) is 12.6. The van der Waals surface area contributed by atoms with Crippen molar-refractivity contribution >= 4 is 22.4 Å². The predicted molar refractivity (Wildman–Crippen MR) is 137 cm³/mol. The number of anilines is 2. The first kappa shape index (κ1) is 24.7. The Morgan fingerprint density at radius 1 is 1.00 bits per heavy atom. The summed E-state index contributed by atoms with van der Waals surface area (Å²) in [7, 11) is 3.47. The number of fused-ring (bicyclic) bond motifs is 1. The van der Waals surface area contributed by atoms with Crippen molar-refractivity contribution in [3.63, 3.8) is 0 Å². The van der Waals surface area contributed by atoms with Crippen molar-refractivity contribution in [2.75, 3.05) is 23.4 Å². The lowest BCUT2D eigenvalue weighted by Gasteiger charge is -2.41. The van der Waals surface area contributed by atoms with Crippen LogP contribution < -0.4 is 15.4 Å². The largest absolute Gasteiger partial charge is 0.369 e. The van der Waals surface area contributed by atoms with Gasteiger partial charge in [-0.1, -0.05) is 0 Å². The number of aromatic nitrogens is 2. The van der Waals surface area contributed by atoms with Crippen LogP contribution in [0.25, 0.3) is 11.0 Å². The van der Waals surface area contributed by atoms with Crippen LogP contribution in [0.4, 0.5) is 20.2 Å². The molecule has 2 fully saturated rings. The fourth-order valence-electron chi connectivity index (χ4n) is 5.55. The second kappa shape index (κ2) is 9.82. The van der Waals surface area contributed by atoms with Gasteiger partial charge >= 0.3 is 0 Å². The molecule has 2 aromatic heterocycles. The van der Waals surface area contributed by atoms with E-state index < -0.39 is 17.2 Å². The van der Waals surface area contributed by atoms with Crippen LogP contribution in [0.1, 0.15) is 49.8 Å². The third-order valence-corrected chi connectivity index (χ3v) is 7.84. The topological polar surface area (TPSA) is 88.9 Å². The molecule has 3 aromatic rings. The number of nitrogens with zero attached hydrogens (tertiary/aromatic N) is 6. The first-order valence-corrected chi connectivity index (χ1v) is 12.6. The molecule has 2 aliphatic rings. The van der Waals surface area contributed by atoms with Gasteiger partial charge in [-0.05, 0) is 68.7 Å². The summed E-state index contributed by atoms with van der Waals surface area (Å²) in [5.41, 5.74) is 2.02. The number of aryl methyl sites for hydroxylation is 1. The van der Waals surface area contributed by atoms with Crippen LogP contribution in [0, 0.1) is 40.2 Å². The van der Waals surface area contributed by atoms with Crippen LogP contribution in [0.5, 0.6) is 0 Å². The van der Waals surface area contributed by atoms with Crippen molar-refractivity contribution in [3.8, 4) is 12.1 Å². The number of nitriles is 2. The van der Waals surface area contributed by atoms with Crippen molar-refractivity contribution in [1.82, 2.24) is 9.55 Å². The number of pyridine rings is 2. The van der Waals surface area contributed by atoms with Gasteiger partial charge in [0.25, 0.3) is 5.56 Å². The average Bonchev–Trinajstić information content (AvgIpc) is 3.74. The molecule has 0 bridgehead atoms. The summed E-state index contributed by atoms with van der Waals surface area (Å²) < 4.78 is 29.0. The highest BCUT2D eigenvalue weighted by Gasteiger charge is 2.34. The molecule has 190 valence electrons.